The molecule has 2 aromatic heterocycles. The van der Waals surface area contributed by atoms with E-state index in [2.05, 4.69) is 214 Å². The van der Waals surface area contributed by atoms with Crippen LogP contribution in [0.5, 0.6) is 0 Å². The Kier molecular flexibility index (Phi) is 8.18. The van der Waals surface area contributed by atoms with Crippen molar-refractivity contribution in [2.24, 2.45) is 0 Å². The van der Waals surface area contributed by atoms with Crippen LogP contribution < -0.4 is 26.2 Å². The first-order valence-corrected chi connectivity index (χ1v) is 22.4. The molecule has 0 bridgehead atoms. The standard InChI is InChI=1S/C54H45BN2S2/c1-53(2,3)37-27-25-34(26-28-37)36-29-46-50-47(30-36)57(39-21-14-9-15-22-39)52-49(40-23-16-24-43(51(40)59-52)54(4,5)6)55(50)44-31-41-42(35-17-10-7-11-18-35)33-58-48(41)32-45(44)56(46)38-19-12-8-13-20-38/h7-33H,1-6H3. The summed E-state index contributed by atoms with van der Waals surface area (Å²) >= 11 is 3.82. The van der Waals surface area contributed by atoms with Gasteiger partial charge in [-0.25, -0.2) is 0 Å². The zero-order valence-electron chi connectivity index (χ0n) is 34.4. The zero-order valence-corrected chi connectivity index (χ0v) is 36.0. The number of para-hydroxylation sites is 2. The van der Waals surface area contributed by atoms with Gasteiger partial charge in [0.25, 0.3) is 6.71 Å². The number of hydrogen-bond acceptors (Lipinski definition) is 4. The van der Waals surface area contributed by atoms with E-state index in [0.717, 1.165) is 5.69 Å². The fourth-order valence-electron chi connectivity index (χ4n) is 9.51. The van der Waals surface area contributed by atoms with Gasteiger partial charge in [0.05, 0.1) is 5.00 Å². The Bertz CT molecular complexity index is 3060. The van der Waals surface area contributed by atoms with E-state index in [1.165, 1.54) is 97.7 Å². The summed E-state index contributed by atoms with van der Waals surface area (Å²) in [6, 6.07) is 59.3. The van der Waals surface area contributed by atoms with Gasteiger partial charge in [0, 0.05) is 43.4 Å². The third-order valence-corrected chi connectivity index (χ3v) is 14.6. The van der Waals surface area contributed by atoms with E-state index >= 15 is 0 Å². The minimum absolute atomic E-state index is 0.0131. The predicted molar refractivity (Wildman–Crippen MR) is 260 cm³/mol. The fourth-order valence-corrected chi connectivity index (χ4v) is 12.1. The monoisotopic (exact) mass is 796 g/mol. The van der Waals surface area contributed by atoms with Crippen LogP contribution in [0, 0.1) is 0 Å². The molecular formula is C54H45BN2S2. The van der Waals surface area contributed by atoms with E-state index in [-0.39, 0.29) is 17.5 Å². The second-order valence-corrected chi connectivity index (χ2v) is 20.1. The summed E-state index contributed by atoms with van der Waals surface area (Å²) in [6.45, 7) is 13.9. The molecule has 0 saturated heterocycles. The van der Waals surface area contributed by atoms with Crippen molar-refractivity contribution in [1.82, 2.24) is 0 Å². The molecule has 0 amide bonds. The third-order valence-electron chi connectivity index (χ3n) is 12.4. The SMILES string of the molecule is CC(C)(C)c1ccc(-c2cc3c4c(c2)N(c2ccccc2)c2sc5c(C(C)(C)C)cccc5c2B4c2cc4c(-c5ccccc5)csc4cc2N3c2ccccc2)cc1. The highest BCUT2D eigenvalue weighted by atomic mass is 32.1. The molecule has 5 heteroatoms. The van der Waals surface area contributed by atoms with Crippen molar-refractivity contribution in [3.63, 3.8) is 0 Å². The van der Waals surface area contributed by atoms with Gasteiger partial charge in [0.1, 0.15) is 0 Å². The lowest BCUT2D eigenvalue weighted by molar-refractivity contribution is 0.590. The second-order valence-electron chi connectivity index (χ2n) is 18.2. The molecule has 2 aliphatic heterocycles. The highest BCUT2D eigenvalue weighted by molar-refractivity contribution is 7.27. The molecule has 4 heterocycles. The Morgan fingerprint density at radius 1 is 0.492 bits per heavy atom. The molecule has 0 spiro atoms. The Hall–Kier alpha value is -5.88. The molecule has 7 aromatic carbocycles. The van der Waals surface area contributed by atoms with E-state index in [9.17, 15) is 0 Å². The van der Waals surface area contributed by atoms with Crippen LogP contribution >= 0.6 is 22.7 Å². The first kappa shape index (κ1) is 36.2. The van der Waals surface area contributed by atoms with E-state index in [4.69, 9.17) is 0 Å². The maximum absolute atomic E-state index is 2.58. The van der Waals surface area contributed by atoms with Crippen LogP contribution in [0.3, 0.4) is 0 Å². The topological polar surface area (TPSA) is 6.48 Å². The van der Waals surface area contributed by atoms with E-state index < -0.39 is 0 Å². The van der Waals surface area contributed by atoms with E-state index in [0.29, 0.717) is 0 Å². The van der Waals surface area contributed by atoms with Gasteiger partial charge in [0.15, 0.2) is 0 Å². The van der Waals surface area contributed by atoms with Crippen LogP contribution in [0.1, 0.15) is 52.7 Å². The molecule has 59 heavy (non-hydrogen) atoms. The smallest absolute Gasteiger partial charge is 0.254 e. The quantitative estimate of drug-likeness (QED) is 0.164. The number of rotatable bonds is 4. The number of fused-ring (bicyclic) bond motifs is 7. The Labute approximate surface area is 356 Å². The summed E-state index contributed by atoms with van der Waals surface area (Å²) in [5.74, 6) is 0. The first-order valence-electron chi connectivity index (χ1n) is 20.7. The molecule has 2 nitrogen and oxygen atoms in total. The van der Waals surface area contributed by atoms with Crippen molar-refractivity contribution < 1.29 is 0 Å². The summed E-state index contributed by atoms with van der Waals surface area (Å²) in [5.41, 5.74) is 17.9. The molecule has 0 radical (unpaired) electrons. The highest BCUT2D eigenvalue weighted by Gasteiger charge is 2.46. The molecule has 0 saturated carbocycles. The molecule has 286 valence electrons. The van der Waals surface area contributed by atoms with Crippen LogP contribution in [0.2, 0.25) is 0 Å². The molecule has 2 aliphatic rings. The molecule has 0 fully saturated rings. The average molecular weight is 797 g/mol. The molecule has 0 atom stereocenters. The molecular weight excluding hydrogens is 752 g/mol. The van der Waals surface area contributed by atoms with Crippen LogP contribution in [0.4, 0.5) is 33.4 Å². The van der Waals surface area contributed by atoms with Crippen molar-refractivity contribution in [3.8, 4) is 22.3 Å². The number of thiophene rings is 2. The summed E-state index contributed by atoms with van der Waals surface area (Å²) in [7, 11) is 0. The van der Waals surface area contributed by atoms with Gasteiger partial charge < -0.3 is 9.80 Å². The Balaban J connectivity index is 1.29. The number of benzene rings is 7. The van der Waals surface area contributed by atoms with Gasteiger partial charge in [-0.05, 0) is 114 Å². The highest BCUT2D eigenvalue weighted by Crippen LogP contribution is 2.51. The first-order chi connectivity index (χ1) is 28.5. The maximum atomic E-state index is 2.58. The lowest BCUT2D eigenvalue weighted by atomic mass is 9.33. The molecule has 11 rings (SSSR count). The van der Waals surface area contributed by atoms with E-state index in [1.54, 1.807) is 0 Å². The second kappa shape index (κ2) is 13.3. The van der Waals surface area contributed by atoms with Crippen molar-refractivity contribution in [2.75, 3.05) is 9.80 Å². The number of hydrogen-bond donors (Lipinski definition) is 0. The van der Waals surface area contributed by atoms with Crippen LogP contribution in [0.15, 0.2) is 163 Å². The van der Waals surface area contributed by atoms with Crippen molar-refractivity contribution >= 4 is 99.4 Å². The summed E-state index contributed by atoms with van der Waals surface area (Å²) < 4.78 is 2.68. The molecule has 0 aliphatic carbocycles. The van der Waals surface area contributed by atoms with Crippen LogP contribution in [-0.2, 0) is 10.8 Å². The van der Waals surface area contributed by atoms with Gasteiger partial charge in [-0.15, -0.1) is 22.7 Å². The number of nitrogens with zero attached hydrogens (tertiary/aromatic N) is 2. The summed E-state index contributed by atoms with van der Waals surface area (Å²) in [5, 5.41) is 6.33. The predicted octanol–water partition coefficient (Wildman–Crippen LogP) is 14.1. The van der Waals surface area contributed by atoms with Gasteiger partial charge >= 0.3 is 0 Å². The van der Waals surface area contributed by atoms with Crippen LogP contribution in [0.25, 0.3) is 42.4 Å². The number of anilines is 6. The fraction of sp³-hybridized carbons (Fsp3) is 0.148. The van der Waals surface area contributed by atoms with Gasteiger partial charge in [-0.3, -0.25) is 0 Å². The normalized spacial score (nSPS) is 13.5. The lowest BCUT2D eigenvalue weighted by Crippen LogP contribution is -2.61. The van der Waals surface area contributed by atoms with E-state index in [1.807, 2.05) is 22.7 Å². The average Bonchev–Trinajstić information content (AvgIpc) is 3.84. The molecule has 0 N–H and O–H groups in total. The largest absolute Gasteiger partial charge is 0.311 e. The lowest BCUT2D eigenvalue weighted by Gasteiger charge is -2.43. The third kappa shape index (κ3) is 5.73. The summed E-state index contributed by atoms with van der Waals surface area (Å²) in [6.07, 6.45) is 0. The van der Waals surface area contributed by atoms with Crippen molar-refractivity contribution in [1.29, 1.82) is 0 Å². The molecule has 0 unspecified atom stereocenters. The van der Waals surface area contributed by atoms with Crippen LogP contribution in [-0.4, -0.2) is 6.71 Å². The molecule has 9 aromatic rings. The summed E-state index contributed by atoms with van der Waals surface area (Å²) in [4.78, 5) is 5.14. The van der Waals surface area contributed by atoms with Crippen molar-refractivity contribution in [2.45, 2.75) is 52.4 Å². The minimum atomic E-state index is -0.0169. The minimum Gasteiger partial charge on any atom is -0.311 e. The van der Waals surface area contributed by atoms with Gasteiger partial charge in [-0.2, -0.15) is 0 Å². The van der Waals surface area contributed by atoms with Gasteiger partial charge in [-0.1, -0.05) is 157 Å². The zero-order chi connectivity index (χ0) is 40.2. The van der Waals surface area contributed by atoms with Crippen molar-refractivity contribution in [3.05, 3.63) is 174 Å². The Morgan fingerprint density at radius 3 is 1.76 bits per heavy atom. The Morgan fingerprint density at radius 2 is 1.12 bits per heavy atom. The van der Waals surface area contributed by atoms with Gasteiger partial charge in [0.2, 0.25) is 0 Å². The maximum Gasteiger partial charge on any atom is 0.254 e.